The summed E-state index contributed by atoms with van der Waals surface area (Å²) in [7, 11) is 1.71. The first-order valence-corrected chi connectivity index (χ1v) is 7.72. The van der Waals surface area contributed by atoms with E-state index < -0.39 is 0 Å². The molecule has 0 aromatic heterocycles. The van der Waals surface area contributed by atoms with Crippen LogP contribution in [0.15, 0.2) is 54.6 Å². The van der Waals surface area contributed by atoms with Gasteiger partial charge < -0.3 is 10.1 Å². The number of hydrogen-bond acceptors (Lipinski definition) is 2. The molecule has 0 spiro atoms. The Bertz CT molecular complexity index is 524. The van der Waals surface area contributed by atoms with Crippen LogP contribution in [0, 0.1) is 0 Å². The fraction of sp³-hybridized carbons (Fsp3) is 0.368. The fourth-order valence-electron chi connectivity index (χ4n) is 2.51. The maximum Gasteiger partial charge on any atom is 0.119 e. The van der Waals surface area contributed by atoms with Gasteiger partial charge in [-0.1, -0.05) is 49.4 Å². The highest BCUT2D eigenvalue weighted by Gasteiger charge is 2.06. The first kappa shape index (κ1) is 15.6. The van der Waals surface area contributed by atoms with Gasteiger partial charge in [-0.3, -0.25) is 0 Å². The quantitative estimate of drug-likeness (QED) is 0.794. The molecule has 2 nitrogen and oxygen atoms in total. The average molecular weight is 283 g/mol. The van der Waals surface area contributed by atoms with E-state index in [1.54, 1.807) is 7.11 Å². The van der Waals surface area contributed by atoms with Gasteiger partial charge in [-0.05, 0) is 49.1 Å². The van der Waals surface area contributed by atoms with E-state index in [0.717, 1.165) is 31.6 Å². The molecule has 0 aliphatic carbocycles. The summed E-state index contributed by atoms with van der Waals surface area (Å²) >= 11 is 0. The lowest BCUT2D eigenvalue weighted by atomic mass is 10.0. The van der Waals surface area contributed by atoms with E-state index in [0.29, 0.717) is 6.04 Å². The minimum absolute atomic E-state index is 0.540. The molecule has 0 fully saturated rings. The van der Waals surface area contributed by atoms with Crippen molar-refractivity contribution in [2.24, 2.45) is 0 Å². The third-order valence-electron chi connectivity index (χ3n) is 3.80. The van der Waals surface area contributed by atoms with Crippen LogP contribution >= 0.6 is 0 Å². The second kappa shape index (κ2) is 8.48. The second-order valence-electron chi connectivity index (χ2n) is 5.35. The minimum Gasteiger partial charge on any atom is -0.497 e. The summed E-state index contributed by atoms with van der Waals surface area (Å²) in [6.45, 7) is 3.24. The molecule has 0 heterocycles. The molecule has 2 rings (SSSR count). The van der Waals surface area contributed by atoms with Gasteiger partial charge in [-0.2, -0.15) is 0 Å². The summed E-state index contributed by atoms with van der Waals surface area (Å²) in [6, 6.07) is 19.5. The molecule has 0 aliphatic heterocycles. The molecular formula is C19H25NO. The molecule has 2 aromatic rings. The van der Waals surface area contributed by atoms with E-state index in [9.17, 15) is 0 Å². The normalized spacial score (nSPS) is 12.1. The first-order valence-electron chi connectivity index (χ1n) is 7.72. The monoisotopic (exact) mass is 283 g/mol. The highest BCUT2D eigenvalue weighted by atomic mass is 16.5. The van der Waals surface area contributed by atoms with Crippen molar-refractivity contribution in [1.82, 2.24) is 5.32 Å². The van der Waals surface area contributed by atoms with Crippen LogP contribution in [0.25, 0.3) is 0 Å². The molecule has 2 heteroatoms. The number of rotatable bonds is 8. The van der Waals surface area contributed by atoms with Crippen LogP contribution in [0.2, 0.25) is 0 Å². The van der Waals surface area contributed by atoms with Crippen molar-refractivity contribution in [3.8, 4) is 5.75 Å². The number of ether oxygens (including phenoxy) is 1. The number of hydrogen-bond donors (Lipinski definition) is 1. The molecule has 0 bridgehead atoms. The van der Waals surface area contributed by atoms with Gasteiger partial charge >= 0.3 is 0 Å². The zero-order valence-corrected chi connectivity index (χ0v) is 13.0. The minimum atomic E-state index is 0.540. The lowest BCUT2D eigenvalue weighted by Gasteiger charge is -2.17. The molecule has 1 atom stereocenters. The van der Waals surface area contributed by atoms with E-state index in [2.05, 4.69) is 60.8 Å². The molecule has 0 radical (unpaired) electrons. The predicted octanol–water partition coefficient (Wildman–Crippen LogP) is 3.85. The summed E-state index contributed by atoms with van der Waals surface area (Å²) in [5.74, 6) is 0.934. The predicted molar refractivity (Wildman–Crippen MR) is 88.9 cm³/mol. The molecule has 112 valence electrons. The number of nitrogens with one attached hydrogen (secondary N) is 1. The molecule has 0 saturated heterocycles. The van der Waals surface area contributed by atoms with Gasteiger partial charge in [0.2, 0.25) is 0 Å². The largest absolute Gasteiger partial charge is 0.497 e. The SMILES string of the molecule is CCC(Cc1ccccc1)NCCc1cccc(OC)c1. The lowest BCUT2D eigenvalue weighted by molar-refractivity contribution is 0.414. The average Bonchev–Trinajstić information content (AvgIpc) is 2.55. The lowest BCUT2D eigenvalue weighted by Crippen LogP contribution is -2.32. The topological polar surface area (TPSA) is 21.3 Å². The van der Waals surface area contributed by atoms with E-state index in [-0.39, 0.29) is 0 Å². The molecule has 0 aliphatic rings. The van der Waals surface area contributed by atoms with Crippen LogP contribution in [0.4, 0.5) is 0 Å². The van der Waals surface area contributed by atoms with E-state index in [4.69, 9.17) is 4.74 Å². The van der Waals surface area contributed by atoms with Crippen molar-refractivity contribution in [3.05, 3.63) is 65.7 Å². The maximum absolute atomic E-state index is 5.26. The summed E-state index contributed by atoms with van der Waals surface area (Å²) in [5, 5.41) is 3.66. The van der Waals surface area contributed by atoms with Crippen molar-refractivity contribution in [2.45, 2.75) is 32.2 Å². The van der Waals surface area contributed by atoms with E-state index in [1.165, 1.54) is 11.1 Å². The number of benzene rings is 2. The van der Waals surface area contributed by atoms with Crippen LogP contribution in [0.3, 0.4) is 0 Å². The molecule has 0 saturated carbocycles. The fourth-order valence-corrected chi connectivity index (χ4v) is 2.51. The zero-order valence-electron chi connectivity index (χ0n) is 13.0. The smallest absolute Gasteiger partial charge is 0.119 e. The summed E-state index contributed by atoms with van der Waals surface area (Å²) in [4.78, 5) is 0. The Kier molecular flexibility index (Phi) is 6.29. The van der Waals surface area contributed by atoms with Crippen LogP contribution < -0.4 is 10.1 Å². The molecule has 1 unspecified atom stereocenters. The molecule has 1 N–H and O–H groups in total. The van der Waals surface area contributed by atoms with Gasteiger partial charge in [-0.25, -0.2) is 0 Å². The molecule has 21 heavy (non-hydrogen) atoms. The Morgan fingerprint density at radius 1 is 1.00 bits per heavy atom. The Balaban J connectivity index is 1.80. The first-order chi connectivity index (χ1) is 10.3. The standard InChI is InChI=1S/C19H25NO/c1-3-18(14-16-8-5-4-6-9-16)20-13-12-17-10-7-11-19(15-17)21-2/h4-11,15,18,20H,3,12-14H2,1-2H3. The third-order valence-corrected chi connectivity index (χ3v) is 3.80. The van der Waals surface area contributed by atoms with Gasteiger partial charge in [0.25, 0.3) is 0 Å². The highest BCUT2D eigenvalue weighted by molar-refractivity contribution is 5.28. The van der Waals surface area contributed by atoms with Gasteiger partial charge in [-0.15, -0.1) is 0 Å². The van der Waals surface area contributed by atoms with Gasteiger partial charge in [0.15, 0.2) is 0 Å². The van der Waals surface area contributed by atoms with Crippen molar-refractivity contribution in [1.29, 1.82) is 0 Å². The van der Waals surface area contributed by atoms with Crippen molar-refractivity contribution in [2.75, 3.05) is 13.7 Å². The highest BCUT2D eigenvalue weighted by Crippen LogP contribution is 2.13. The third kappa shape index (κ3) is 5.24. The summed E-state index contributed by atoms with van der Waals surface area (Å²) in [6.07, 6.45) is 3.27. The zero-order chi connectivity index (χ0) is 14.9. The van der Waals surface area contributed by atoms with Crippen molar-refractivity contribution in [3.63, 3.8) is 0 Å². The van der Waals surface area contributed by atoms with Gasteiger partial charge in [0.05, 0.1) is 7.11 Å². The maximum atomic E-state index is 5.26. The Morgan fingerprint density at radius 2 is 1.76 bits per heavy atom. The van der Waals surface area contributed by atoms with Crippen LogP contribution in [-0.4, -0.2) is 19.7 Å². The van der Waals surface area contributed by atoms with E-state index >= 15 is 0 Å². The van der Waals surface area contributed by atoms with Crippen LogP contribution in [0.5, 0.6) is 5.75 Å². The van der Waals surface area contributed by atoms with Gasteiger partial charge in [0, 0.05) is 6.04 Å². The Morgan fingerprint density at radius 3 is 2.48 bits per heavy atom. The van der Waals surface area contributed by atoms with Gasteiger partial charge in [0.1, 0.15) is 5.75 Å². The summed E-state index contributed by atoms with van der Waals surface area (Å²) in [5.41, 5.74) is 2.72. The van der Waals surface area contributed by atoms with Crippen molar-refractivity contribution < 1.29 is 4.74 Å². The Hall–Kier alpha value is -1.80. The number of methoxy groups -OCH3 is 1. The van der Waals surface area contributed by atoms with Crippen LogP contribution in [0.1, 0.15) is 24.5 Å². The molecule has 2 aromatic carbocycles. The summed E-state index contributed by atoms with van der Waals surface area (Å²) < 4.78 is 5.26. The molecular weight excluding hydrogens is 258 g/mol. The van der Waals surface area contributed by atoms with Crippen molar-refractivity contribution >= 4 is 0 Å². The van der Waals surface area contributed by atoms with E-state index in [1.807, 2.05) is 6.07 Å². The van der Waals surface area contributed by atoms with Crippen LogP contribution in [-0.2, 0) is 12.8 Å². The second-order valence-corrected chi connectivity index (χ2v) is 5.35. The Labute approximate surface area is 128 Å². The molecule has 0 amide bonds.